The van der Waals surface area contributed by atoms with E-state index < -0.39 is 12.1 Å². The molecule has 1 aliphatic heterocycles. The lowest BCUT2D eigenvalue weighted by Crippen LogP contribution is -2.51. The number of methoxy groups -OCH3 is 1. The highest BCUT2D eigenvalue weighted by molar-refractivity contribution is 6.30. The fourth-order valence-electron chi connectivity index (χ4n) is 2.80. The Balaban J connectivity index is 2.16. The summed E-state index contributed by atoms with van der Waals surface area (Å²) in [6, 6.07) is -0.647. The van der Waals surface area contributed by atoms with E-state index in [0.717, 1.165) is 24.3 Å². The molecule has 1 fully saturated rings. The van der Waals surface area contributed by atoms with Crippen LogP contribution in [0.4, 0.5) is 4.79 Å². The van der Waals surface area contributed by atoms with Gasteiger partial charge in [0.2, 0.25) is 5.91 Å². The van der Waals surface area contributed by atoms with Gasteiger partial charge in [-0.15, -0.1) is 0 Å². The first kappa shape index (κ1) is 16.4. The fourth-order valence-corrected chi connectivity index (χ4v) is 2.80. The number of carbonyl (C=O) groups is 2. The zero-order valence-corrected chi connectivity index (χ0v) is 13.5. The first-order chi connectivity index (χ1) is 10.4. The summed E-state index contributed by atoms with van der Waals surface area (Å²) < 4.78 is 4.62. The summed E-state index contributed by atoms with van der Waals surface area (Å²) in [4.78, 5) is 33.7. The van der Waals surface area contributed by atoms with Gasteiger partial charge < -0.3 is 19.9 Å². The van der Waals surface area contributed by atoms with Gasteiger partial charge in [-0.2, -0.15) is 0 Å². The molecule has 2 atom stereocenters. The summed E-state index contributed by atoms with van der Waals surface area (Å²) in [6.07, 6.45) is 2.99. The SMILES string of the molecule is Bc1cnc(C2CCCN2C(=O)[C@@H](NC(=O)OC)C(C)C)[nH]1. The van der Waals surface area contributed by atoms with Crippen LogP contribution in [-0.4, -0.2) is 54.4 Å². The highest BCUT2D eigenvalue weighted by Gasteiger charge is 2.37. The maximum Gasteiger partial charge on any atom is 0.407 e. The standard InChI is InChI=1S/C14H23BN4O3/c1-8(2)11(18-14(21)22-3)13(20)19-6-4-5-9(19)12-16-7-10(15)17-12/h7-9,11H,4-6,15H2,1-3H3,(H,16,17)(H,18,21)/t9?,11-/m0/s1. The summed E-state index contributed by atoms with van der Waals surface area (Å²) in [5, 5.41) is 2.64. The Morgan fingerprint density at radius 1 is 1.55 bits per heavy atom. The number of aromatic amines is 1. The van der Waals surface area contributed by atoms with Crippen LogP contribution in [0, 0.1) is 5.92 Å². The molecule has 0 radical (unpaired) electrons. The molecule has 2 heterocycles. The van der Waals surface area contributed by atoms with E-state index in [-0.39, 0.29) is 17.9 Å². The van der Waals surface area contributed by atoms with Crippen LogP contribution in [0.1, 0.15) is 38.6 Å². The molecule has 7 nitrogen and oxygen atoms in total. The Hall–Kier alpha value is -1.99. The Morgan fingerprint density at radius 3 is 2.82 bits per heavy atom. The molecule has 1 saturated heterocycles. The van der Waals surface area contributed by atoms with Crippen LogP contribution in [0.3, 0.4) is 0 Å². The van der Waals surface area contributed by atoms with Gasteiger partial charge in [0.05, 0.1) is 13.2 Å². The number of rotatable bonds is 4. The van der Waals surface area contributed by atoms with Gasteiger partial charge in [0.15, 0.2) is 7.85 Å². The van der Waals surface area contributed by atoms with Gasteiger partial charge in [-0.3, -0.25) is 4.79 Å². The van der Waals surface area contributed by atoms with Gasteiger partial charge in [0, 0.05) is 12.7 Å². The van der Waals surface area contributed by atoms with E-state index >= 15 is 0 Å². The minimum absolute atomic E-state index is 0.0220. The fraction of sp³-hybridized carbons (Fsp3) is 0.643. The summed E-state index contributed by atoms with van der Waals surface area (Å²) >= 11 is 0. The second-order valence-corrected chi connectivity index (χ2v) is 6.00. The van der Waals surface area contributed by atoms with Crippen molar-refractivity contribution in [1.29, 1.82) is 0 Å². The predicted octanol–water partition coefficient (Wildman–Crippen LogP) is -0.288. The number of likely N-dealkylation sites (tertiary alicyclic amines) is 1. The van der Waals surface area contributed by atoms with Gasteiger partial charge in [-0.05, 0) is 24.4 Å². The lowest BCUT2D eigenvalue weighted by molar-refractivity contribution is -0.135. The molecule has 0 bridgehead atoms. The largest absolute Gasteiger partial charge is 0.453 e. The van der Waals surface area contributed by atoms with E-state index in [1.54, 1.807) is 11.1 Å². The number of aromatic nitrogens is 2. The normalized spacial score (nSPS) is 19.3. The van der Waals surface area contributed by atoms with Crippen molar-refractivity contribution in [3.63, 3.8) is 0 Å². The van der Waals surface area contributed by atoms with Crippen molar-refractivity contribution < 1.29 is 14.3 Å². The van der Waals surface area contributed by atoms with E-state index in [4.69, 9.17) is 0 Å². The number of alkyl carbamates (subject to hydrolysis) is 1. The number of imidazole rings is 1. The van der Waals surface area contributed by atoms with Crippen LogP contribution in [0.15, 0.2) is 6.20 Å². The Kier molecular flexibility index (Phi) is 5.10. The van der Waals surface area contributed by atoms with Gasteiger partial charge in [0.1, 0.15) is 11.9 Å². The van der Waals surface area contributed by atoms with Crippen LogP contribution in [0.2, 0.25) is 0 Å². The summed E-state index contributed by atoms with van der Waals surface area (Å²) in [6.45, 7) is 4.48. The van der Waals surface area contributed by atoms with Gasteiger partial charge in [0.25, 0.3) is 0 Å². The number of H-pyrrole nitrogens is 1. The van der Waals surface area contributed by atoms with Crippen molar-refractivity contribution in [2.75, 3.05) is 13.7 Å². The average Bonchev–Trinajstić information content (AvgIpc) is 3.11. The van der Waals surface area contributed by atoms with E-state index in [1.165, 1.54) is 7.11 Å². The summed E-state index contributed by atoms with van der Waals surface area (Å²) in [7, 11) is 3.23. The highest BCUT2D eigenvalue weighted by atomic mass is 16.5. The maximum atomic E-state index is 12.8. The Bertz CT molecular complexity index is 546. The molecule has 0 aromatic carbocycles. The molecular weight excluding hydrogens is 283 g/mol. The van der Waals surface area contributed by atoms with Crippen molar-refractivity contribution in [2.45, 2.75) is 38.8 Å². The monoisotopic (exact) mass is 306 g/mol. The summed E-state index contributed by atoms with van der Waals surface area (Å²) in [5.74, 6) is 0.701. The van der Waals surface area contributed by atoms with Crippen molar-refractivity contribution in [3.8, 4) is 0 Å². The Labute approximate surface area is 131 Å². The van der Waals surface area contributed by atoms with Crippen LogP contribution < -0.4 is 10.9 Å². The van der Waals surface area contributed by atoms with Crippen LogP contribution >= 0.6 is 0 Å². The average molecular weight is 306 g/mol. The van der Waals surface area contributed by atoms with E-state index in [9.17, 15) is 9.59 Å². The third-order valence-corrected chi connectivity index (χ3v) is 3.97. The molecule has 0 saturated carbocycles. The predicted molar refractivity (Wildman–Crippen MR) is 84.6 cm³/mol. The number of nitrogens with zero attached hydrogens (tertiary/aromatic N) is 2. The quantitative estimate of drug-likeness (QED) is 0.749. The third kappa shape index (κ3) is 3.43. The minimum atomic E-state index is -0.593. The van der Waals surface area contributed by atoms with E-state index in [2.05, 4.69) is 20.0 Å². The molecule has 0 spiro atoms. The number of hydrogen-bond donors (Lipinski definition) is 2. The number of nitrogens with one attached hydrogen (secondary N) is 2. The van der Waals surface area contributed by atoms with Crippen molar-refractivity contribution in [1.82, 2.24) is 20.2 Å². The molecular formula is C14H23BN4O3. The molecule has 120 valence electrons. The molecule has 22 heavy (non-hydrogen) atoms. The molecule has 1 unspecified atom stereocenters. The number of carbonyl (C=O) groups excluding carboxylic acids is 2. The third-order valence-electron chi connectivity index (χ3n) is 3.97. The molecule has 1 aliphatic rings. The topological polar surface area (TPSA) is 87.3 Å². The van der Waals surface area contributed by atoms with Gasteiger partial charge in [-0.1, -0.05) is 13.8 Å². The number of hydrogen-bond acceptors (Lipinski definition) is 4. The van der Waals surface area contributed by atoms with Gasteiger partial charge >= 0.3 is 6.09 Å². The molecule has 1 aromatic heterocycles. The molecule has 2 amide bonds. The Morgan fingerprint density at radius 2 is 2.27 bits per heavy atom. The minimum Gasteiger partial charge on any atom is -0.453 e. The van der Waals surface area contributed by atoms with E-state index in [0.29, 0.717) is 6.54 Å². The molecule has 8 heteroatoms. The molecule has 0 aliphatic carbocycles. The van der Waals surface area contributed by atoms with Crippen LogP contribution in [0.5, 0.6) is 0 Å². The van der Waals surface area contributed by atoms with Crippen LogP contribution in [-0.2, 0) is 9.53 Å². The van der Waals surface area contributed by atoms with Crippen molar-refractivity contribution in [2.24, 2.45) is 5.92 Å². The highest BCUT2D eigenvalue weighted by Crippen LogP contribution is 2.30. The van der Waals surface area contributed by atoms with Gasteiger partial charge in [-0.25, -0.2) is 9.78 Å². The number of amides is 2. The first-order valence-electron chi connectivity index (χ1n) is 7.60. The van der Waals surface area contributed by atoms with Crippen molar-refractivity contribution >= 4 is 25.4 Å². The zero-order valence-electron chi connectivity index (χ0n) is 13.5. The molecule has 1 aromatic rings. The second kappa shape index (κ2) is 6.85. The van der Waals surface area contributed by atoms with Crippen LogP contribution in [0.25, 0.3) is 0 Å². The van der Waals surface area contributed by atoms with Crippen molar-refractivity contribution in [3.05, 3.63) is 12.0 Å². The maximum absolute atomic E-state index is 12.8. The second-order valence-electron chi connectivity index (χ2n) is 6.00. The number of ether oxygens (including phenoxy) is 1. The van der Waals surface area contributed by atoms with E-state index in [1.807, 2.05) is 21.7 Å². The first-order valence-corrected chi connectivity index (χ1v) is 7.60. The summed E-state index contributed by atoms with van der Waals surface area (Å²) in [5.41, 5.74) is 0.974. The zero-order chi connectivity index (χ0) is 16.3. The smallest absolute Gasteiger partial charge is 0.407 e. The lowest BCUT2D eigenvalue weighted by Gasteiger charge is -2.30. The lowest BCUT2D eigenvalue weighted by atomic mass is 10.0. The molecule has 2 N–H and O–H groups in total. The molecule has 2 rings (SSSR count).